The highest BCUT2D eigenvalue weighted by molar-refractivity contribution is 5.79. The SMILES string of the molecule is CCOC(=O)COCCOCCNC(=O)OCC1c2ccccc2-c2ccccc21. The smallest absolute Gasteiger partial charge is 0.407 e. The number of amides is 1. The van der Waals surface area contributed by atoms with Crippen molar-refractivity contribution in [2.75, 3.05) is 46.2 Å². The molecule has 0 radical (unpaired) electrons. The Morgan fingerprint density at radius 1 is 0.867 bits per heavy atom. The normalized spacial score (nSPS) is 12.2. The third-order valence-electron chi connectivity index (χ3n) is 4.76. The van der Waals surface area contributed by atoms with Crippen LogP contribution < -0.4 is 5.32 Å². The van der Waals surface area contributed by atoms with Crippen molar-refractivity contribution in [2.45, 2.75) is 12.8 Å². The van der Waals surface area contributed by atoms with E-state index in [9.17, 15) is 9.59 Å². The number of fused-ring (bicyclic) bond motifs is 3. The van der Waals surface area contributed by atoms with E-state index in [1.165, 1.54) is 22.3 Å². The highest BCUT2D eigenvalue weighted by Crippen LogP contribution is 2.44. The summed E-state index contributed by atoms with van der Waals surface area (Å²) in [6, 6.07) is 16.4. The molecule has 0 fully saturated rings. The van der Waals surface area contributed by atoms with Crippen molar-refractivity contribution < 1.29 is 28.5 Å². The predicted octanol–water partition coefficient (Wildman–Crippen LogP) is 3.12. The maximum atomic E-state index is 12.0. The lowest BCUT2D eigenvalue weighted by Gasteiger charge is -2.14. The molecule has 2 aromatic rings. The molecule has 3 rings (SSSR count). The Kier molecular flexibility index (Phi) is 8.23. The Hall–Kier alpha value is -2.90. The molecule has 0 spiro atoms. The van der Waals surface area contributed by atoms with Crippen LogP contribution in [0, 0.1) is 0 Å². The van der Waals surface area contributed by atoms with Gasteiger partial charge in [-0.1, -0.05) is 48.5 Å². The lowest BCUT2D eigenvalue weighted by Crippen LogP contribution is -2.29. The van der Waals surface area contributed by atoms with Gasteiger partial charge in [0.1, 0.15) is 13.2 Å². The number of ether oxygens (including phenoxy) is 4. The summed E-state index contributed by atoms with van der Waals surface area (Å²) < 4.78 is 20.7. The minimum Gasteiger partial charge on any atom is -0.464 e. The van der Waals surface area contributed by atoms with E-state index in [2.05, 4.69) is 29.6 Å². The van der Waals surface area contributed by atoms with Gasteiger partial charge in [0.15, 0.2) is 0 Å². The number of alkyl carbamates (subject to hydrolysis) is 1. The Balaban J connectivity index is 1.33. The van der Waals surface area contributed by atoms with E-state index >= 15 is 0 Å². The van der Waals surface area contributed by atoms with Crippen LogP contribution in [0.25, 0.3) is 11.1 Å². The Labute approximate surface area is 176 Å². The molecule has 0 heterocycles. The van der Waals surface area contributed by atoms with E-state index in [1.807, 2.05) is 24.3 Å². The fourth-order valence-corrected chi connectivity index (χ4v) is 3.45. The molecule has 1 amide bonds. The Bertz CT molecular complexity index is 808. The van der Waals surface area contributed by atoms with Crippen LogP contribution in [0.5, 0.6) is 0 Å². The van der Waals surface area contributed by atoms with Crippen molar-refractivity contribution in [3.8, 4) is 11.1 Å². The van der Waals surface area contributed by atoms with Crippen molar-refractivity contribution in [1.82, 2.24) is 5.32 Å². The van der Waals surface area contributed by atoms with Gasteiger partial charge in [-0.05, 0) is 29.2 Å². The summed E-state index contributed by atoms with van der Waals surface area (Å²) >= 11 is 0. The molecular weight excluding hydrogens is 386 g/mol. The van der Waals surface area contributed by atoms with E-state index in [1.54, 1.807) is 6.92 Å². The number of hydrogen-bond donors (Lipinski definition) is 1. The Morgan fingerprint density at radius 2 is 1.50 bits per heavy atom. The van der Waals surface area contributed by atoms with Gasteiger partial charge in [-0.15, -0.1) is 0 Å². The molecule has 1 N–H and O–H groups in total. The average molecular weight is 413 g/mol. The average Bonchev–Trinajstić information content (AvgIpc) is 3.08. The van der Waals surface area contributed by atoms with Crippen molar-refractivity contribution in [1.29, 1.82) is 0 Å². The third kappa shape index (κ3) is 5.81. The van der Waals surface area contributed by atoms with Gasteiger partial charge < -0.3 is 24.3 Å². The minimum atomic E-state index is -0.473. The molecule has 0 bridgehead atoms. The van der Waals surface area contributed by atoms with Crippen molar-refractivity contribution in [3.63, 3.8) is 0 Å². The molecule has 1 aliphatic rings. The van der Waals surface area contributed by atoms with E-state index < -0.39 is 12.1 Å². The number of nitrogens with one attached hydrogen (secondary N) is 1. The van der Waals surface area contributed by atoms with Crippen molar-refractivity contribution in [2.24, 2.45) is 0 Å². The summed E-state index contributed by atoms with van der Waals surface area (Å²) in [4.78, 5) is 23.1. The second-order valence-corrected chi connectivity index (χ2v) is 6.72. The van der Waals surface area contributed by atoms with Crippen LogP contribution in [0.15, 0.2) is 48.5 Å². The summed E-state index contributed by atoms with van der Waals surface area (Å²) in [6.45, 7) is 3.53. The molecule has 0 saturated heterocycles. The maximum Gasteiger partial charge on any atom is 0.407 e. The van der Waals surface area contributed by atoms with Gasteiger partial charge in [-0.25, -0.2) is 9.59 Å². The molecule has 7 heteroatoms. The van der Waals surface area contributed by atoms with Gasteiger partial charge in [0, 0.05) is 12.5 Å². The molecule has 0 aromatic heterocycles. The third-order valence-corrected chi connectivity index (χ3v) is 4.76. The van der Waals surface area contributed by atoms with E-state index in [0.29, 0.717) is 26.4 Å². The summed E-state index contributed by atoms with van der Waals surface area (Å²) in [5.41, 5.74) is 4.75. The van der Waals surface area contributed by atoms with Crippen LogP contribution >= 0.6 is 0 Å². The summed E-state index contributed by atoms with van der Waals surface area (Å²) in [6.07, 6.45) is -0.473. The van der Waals surface area contributed by atoms with Gasteiger partial charge in [-0.3, -0.25) is 0 Å². The molecular formula is C23H27NO6. The van der Waals surface area contributed by atoms with Crippen LogP contribution in [-0.2, 0) is 23.7 Å². The first-order valence-corrected chi connectivity index (χ1v) is 10.1. The van der Waals surface area contributed by atoms with Gasteiger partial charge in [0.2, 0.25) is 0 Å². The molecule has 1 aliphatic carbocycles. The fourth-order valence-electron chi connectivity index (χ4n) is 3.45. The van der Waals surface area contributed by atoms with Crippen molar-refractivity contribution >= 4 is 12.1 Å². The van der Waals surface area contributed by atoms with Crippen LogP contribution in [0.3, 0.4) is 0 Å². The first-order valence-electron chi connectivity index (χ1n) is 10.1. The zero-order chi connectivity index (χ0) is 21.2. The van der Waals surface area contributed by atoms with Crippen molar-refractivity contribution in [3.05, 3.63) is 59.7 Å². The van der Waals surface area contributed by atoms with Gasteiger partial charge in [-0.2, -0.15) is 0 Å². The topological polar surface area (TPSA) is 83.1 Å². The number of esters is 1. The van der Waals surface area contributed by atoms with E-state index in [-0.39, 0.29) is 25.7 Å². The molecule has 2 aromatic carbocycles. The highest BCUT2D eigenvalue weighted by atomic mass is 16.6. The quantitative estimate of drug-likeness (QED) is 0.450. The first-order chi connectivity index (χ1) is 14.7. The molecule has 0 saturated carbocycles. The van der Waals surface area contributed by atoms with E-state index in [4.69, 9.17) is 18.9 Å². The molecule has 7 nitrogen and oxygen atoms in total. The zero-order valence-electron chi connectivity index (χ0n) is 17.1. The maximum absolute atomic E-state index is 12.0. The number of hydrogen-bond acceptors (Lipinski definition) is 6. The zero-order valence-corrected chi connectivity index (χ0v) is 17.1. The summed E-state index contributed by atoms with van der Waals surface area (Å²) in [5, 5.41) is 2.68. The lowest BCUT2D eigenvalue weighted by molar-refractivity contribution is -0.148. The number of rotatable bonds is 11. The van der Waals surface area contributed by atoms with Crippen LogP contribution in [0.4, 0.5) is 4.79 Å². The number of carbonyl (C=O) groups is 2. The molecule has 0 aliphatic heterocycles. The molecule has 0 atom stereocenters. The largest absolute Gasteiger partial charge is 0.464 e. The molecule has 160 valence electrons. The van der Waals surface area contributed by atoms with Crippen LogP contribution in [-0.4, -0.2) is 58.2 Å². The van der Waals surface area contributed by atoms with Gasteiger partial charge in [0.25, 0.3) is 0 Å². The molecule has 0 unspecified atom stereocenters. The monoisotopic (exact) mass is 413 g/mol. The summed E-state index contributed by atoms with van der Waals surface area (Å²) in [5.74, 6) is -0.356. The van der Waals surface area contributed by atoms with E-state index in [0.717, 1.165) is 0 Å². The number of carbonyl (C=O) groups excluding carboxylic acids is 2. The fraction of sp³-hybridized carbons (Fsp3) is 0.391. The minimum absolute atomic E-state index is 0.0379. The standard InChI is InChI=1S/C23H27NO6/c1-2-29-22(25)16-28-14-13-27-12-11-24-23(26)30-15-21-19-9-5-3-7-17(19)18-8-4-6-10-20(18)21/h3-10,21H,2,11-16H2,1H3,(H,24,26). The summed E-state index contributed by atoms with van der Waals surface area (Å²) in [7, 11) is 0. The second kappa shape index (κ2) is 11.3. The van der Waals surface area contributed by atoms with Gasteiger partial charge >= 0.3 is 12.1 Å². The highest BCUT2D eigenvalue weighted by Gasteiger charge is 2.28. The lowest BCUT2D eigenvalue weighted by atomic mass is 9.98. The predicted molar refractivity (Wildman–Crippen MR) is 111 cm³/mol. The number of benzene rings is 2. The second-order valence-electron chi connectivity index (χ2n) is 6.72. The van der Waals surface area contributed by atoms with Crippen LogP contribution in [0.1, 0.15) is 24.0 Å². The Morgan fingerprint density at radius 3 is 2.17 bits per heavy atom. The van der Waals surface area contributed by atoms with Crippen LogP contribution in [0.2, 0.25) is 0 Å². The molecule has 30 heavy (non-hydrogen) atoms. The van der Waals surface area contributed by atoms with Gasteiger partial charge in [0.05, 0.1) is 26.4 Å². The first kappa shape index (κ1) is 21.8.